The van der Waals surface area contributed by atoms with Crippen molar-refractivity contribution in [2.24, 2.45) is 0 Å². The van der Waals surface area contributed by atoms with Gasteiger partial charge in [-0.2, -0.15) is 4.31 Å². The molecule has 0 atom stereocenters. The molecule has 1 fully saturated rings. The van der Waals surface area contributed by atoms with E-state index in [1.807, 2.05) is 31.2 Å². The van der Waals surface area contributed by atoms with Crippen LogP contribution in [0.1, 0.15) is 23.2 Å². The third-order valence-electron chi connectivity index (χ3n) is 6.19. The van der Waals surface area contributed by atoms with Crippen molar-refractivity contribution in [3.05, 3.63) is 83.0 Å². The fourth-order valence-corrected chi connectivity index (χ4v) is 7.20. The van der Waals surface area contributed by atoms with Gasteiger partial charge in [0, 0.05) is 37.6 Å². The molecule has 33 heavy (non-hydrogen) atoms. The van der Waals surface area contributed by atoms with Gasteiger partial charge in [0.2, 0.25) is 0 Å². The fraction of sp³-hybridized carbons (Fsp3) is 0.320. The van der Waals surface area contributed by atoms with Crippen molar-refractivity contribution < 1.29 is 8.42 Å². The Balaban J connectivity index is 1.32. The minimum atomic E-state index is -3.41. The maximum atomic E-state index is 13.1. The molecule has 0 bridgehead atoms. The van der Waals surface area contributed by atoms with E-state index in [4.69, 9.17) is 4.98 Å². The minimum absolute atomic E-state index is 0.456. The highest BCUT2D eigenvalue weighted by molar-refractivity contribution is 7.91. The number of para-hydroxylation sites is 2. The Bertz CT molecular complexity index is 1340. The van der Waals surface area contributed by atoms with Gasteiger partial charge in [-0.25, -0.2) is 13.4 Å². The lowest BCUT2D eigenvalue weighted by atomic mass is 10.2. The Morgan fingerprint density at radius 3 is 2.33 bits per heavy atom. The molecule has 3 heterocycles. The lowest BCUT2D eigenvalue weighted by Gasteiger charge is -2.33. The molecule has 6 nitrogen and oxygen atoms in total. The maximum absolute atomic E-state index is 13.1. The highest BCUT2D eigenvalue weighted by Crippen LogP contribution is 2.26. The van der Waals surface area contributed by atoms with E-state index in [9.17, 15) is 8.42 Å². The number of fused-ring (bicyclic) bond motifs is 1. The third-order valence-corrected chi connectivity index (χ3v) is 9.79. The van der Waals surface area contributed by atoms with Gasteiger partial charge in [-0.15, -0.1) is 11.3 Å². The molecule has 8 heteroatoms. The maximum Gasteiger partial charge on any atom is 0.252 e. The number of hydrogen-bond acceptors (Lipinski definition) is 5. The summed E-state index contributed by atoms with van der Waals surface area (Å²) in [5, 5.41) is 0. The summed E-state index contributed by atoms with van der Waals surface area (Å²) in [6.07, 6.45) is 0.859. The number of rotatable bonds is 7. The Morgan fingerprint density at radius 2 is 1.61 bits per heavy atom. The number of benzene rings is 2. The van der Waals surface area contributed by atoms with Crippen molar-refractivity contribution in [3.63, 3.8) is 0 Å². The summed E-state index contributed by atoms with van der Waals surface area (Å²) in [6.45, 7) is 5.91. The first-order chi connectivity index (χ1) is 16.0. The number of imidazole rings is 1. The second-order valence-electron chi connectivity index (χ2n) is 8.34. The summed E-state index contributed by atoms with van der Waals surface area (Å²) >= 11 is 1.39. The lowest BCUT2D eigenvalue weighted by Crippen LogP contribution is -2.48. The number of aromatic nitrogens is 2. The lowest BCUT2D eigenvalue weighted by molar-refractivity contribution is 0.177. The summed E-state index contributed by atoms with van der Waals surface area (Å²) in [7, 11) is -3.41. The van der Waals surface area contributed by atoms with E-state index in [-0.39, 0.29) is 0 Å². The van der Waals surface area contributed by atoms with Gasteiger partial charge in [0.25, 0.3) is 10.0 Å². The van der Waals surface area contributed by atoms with E-state index in [1.54, 1.807) is 10.4 Å². The Labute approximate surface area is 199 Å². The molecule has 0 saturated carbocycles. The summed E-state index contributed by atoms with van der Waals surface area (Å²) in [5.41, 5.74) is 3.36. The van der Waals surface area contributed by atoms with E-state index in [0.29, 0.717) is 36.9 Å². The monoisotopic (exact) mass is 480 g/mol. The molecule has 2 aromatic carbocycles. The van der Waals surface area contributed by atoms with E-state index in [0.717, 1.165) is 34.7 Å². The van der Waals surface area contributed by atoms with E-state index < -0.39 is 10.0 Å². The second-order valence-corrected chi connectivity index (χ2v) is 11.7. The largest absolute Gasteiger partial charge is 0.322 e. The van der Waals surface area contributed by atoms with Gasteiger partial charge in [-0.05, 0) is 36.2 Å². The second kappa shape index (κ2) is 9.38. The highest BCUT2D eigenvalue weighted by Gasteiger charge is 2.30. The van der Waals surface area contributed by atoms with Crippen molar-refractivity contribution in [1.29, 1.82) is 0 Å². The molecule has 0 aliphatic carbocycles. The molecule has 0 radical (unpaired) electrons. The molecular formula is C25H28N4O2S2. The number of sulfonamides is 1. The van der Waals surface area contributed by atoms with Crippen LogP contribution in [0.3, 0.4) is 0 Å². The van der Waals surface area contributed by atoms with Gasteiger partial charge in [-0.1, -0.05) is 49.4 Å². The summed E-state index contributed by atoms with van der Waals surface area (Å²) in [6, 6.07) is 22.3. The molecule has 1 aliphatic rings. The molecule has 0 unspecified atom stereocenters. The SMILES string of the molecule is CCc1ccc(S(=O)(=O)N2CCN(Cc3nc4ccccc4n3Cc3ccccc3)CC2)s1. The van der Waals surface area contributed by atoms with Gasteiger partial charge in [0.15, 0.2) is 0 Å². The normalized spacial score (nSPS) is 15.9. The zero-order valence-electron chi connectivity index (χ0n) is 18.7. The third kappa shape index (κ3) is 4.61. The fourth-order valence-electron chi connectivity index (χ4n) is 4.33. The van der Waals surface area contributed by atoms with Gasteiger partial charge in [-0.3, -0.25) is 4.90 Å². The van der Waals surface area contributed by atoms with Crippen LogP contribution in [0.2, 0.25) is 0 Å². The Morgan fingerprint density at radius 1 is 0.879 bits per heavy atom. The van der Waals surface area contributed by atoms with Crippen molar-refractivity contribution >= 4 is 32.4 Å². The number of piperazine rings is 1. The van der Waals surface area contributed by atoms with Crippen molar-refractivity contribution in [2.45, 2.75) is 30.6 Å². The first-order valence-corrected chi connectivity index (χ1v) is 13.6. The van der Waals surface area contributed by atoms with E-state index in [1.165, 1.54) is 16.9 Å². The van der Waals surface area contributed by atoms with Crippen LogP contribution in [-0.2, 0) is 29.5 Å². The van der Waals surface area contributed by atoms with Crippen molar-refractivity contribution in [3.8, 4) is 0 Å². The predicted molar refractivity (Wildman–Crippen MR) is 133 cm³/mol. The number of thiophene rings is 1. The molecule has 5 rings (SSSR count). The molecule has 0 spiro atoms. The summed E-state index contributed by atoms with van der Waals surface area (Å²) in [4.78, 5) is 8.33. The molecule has 1 aliphatic heterocycles. The van der Waals surface area contributed by atoms with E-state index in [2.05, 4.69) is 45.9 Å². The van der Waals surface area contributed by atoms with Crippen LogP contribution in [0.15, 0.2) is 70.9 Å². The summed E-state index contributed by atoms with van der Waals surface area (Å²) in [5.74, 6) is 1.02. The Kier molecular flexibility index (Phi) is 6.34. The van der Waals surface area contributed by atoms with Crippen LogP contribution in [-0.4, -0.2) is 53.4 Å². The van der Waals surface area contributed by atoms with Crippen molar-refractivity contribution in [2.75, 3.05) is 26.2 Å². The number of nitrogens with zero attached hydrogens (tertiary/aromatic N) is 4. The van der Waals surface area contributed by atoms with Crippen LogP contribution in [0.25, 0.3) is 11.0 Å². The van der Waals surface area contributed by atoms with Gasteiger partial charge in [0.05, 0.1) is 17.6 Å². The first kappa shape index (κ1) is 22.3. The molecule has 0 N–H and O–H groups in total. The molecular weight excluding hydrogens is 452 g/mol. The first-order valence-electron chi connectivity index (χ1n) is 11.3. The zero-order chi connectivity index (χ0) is 22.8. The van der Waals surface area contributed by atoms with Crippen molar-refractivity contribution in [1.82, 2.24) is 18.8 Å². The van der Waals surface area contributed by atoms with Gasteiger partial charge >= 0.3 is 0 Å². The molecule has 2 aromatic heterocycles. The van der Waals surface area contributed by atoms with Crippen LogP contribution in [0.5, 0.6) is 0 Å². The molecule has 0 amide bonds. The minimum Gasteiger partial charge on any atom is -0.322 e. The van der Waals surface area contributed by atoms with Crippen LogP contribution in [0, 0.1) is 0 Å². The van der Waals surface area contributed by atoms with Crippen LogP contribution >= 0.6 is 11.3 Å². The summed E-state index contributed by atoms with van der Waals surface area (Å²) < 4.78 is 30.5. The quantitative estimate of drug-likeness (QED) is 0.398. The van der Waals surface area contributed by atoms with Crippen LogP contribution < -0.4 is 0 Å². The molecule has 172 valence electrons. The average Bonchev–Trinajstić information content (AvgIpc) is 3.46. The zero-order valence-corrected chi connectivity index (χ0v) is 20.4. The topological polar surface area (TPSA) is 58.4 Å². The molecule has 4 aromatic rings. The molecule has 1 saturated heterocycles. The standard InChI is InChI=1S/C25H28N4O2S2/c1-2-21-12-13-25(32-21)33(30,31)28-16-14-27(15-17-28)19-24-26-22-10-6-7-11-23(22)29(24)18-20-8-4-3-5-9-20/h3-13H,2,14-19H2,1H3. The smallest absolute Gasteiger partial charge is 0.252 e. The number of hydrogen-bond donors (Lipinski definition) is 0. The van der Waals surface area contributed by atoms with E-state index >= 15 is 0 Å². The predicted octanol–water partition coefficient (Wildman–Crippen LogP) is 4.22. The van der Waals surface area contributed by atoms with Crippen LogP contribution in [0.4, 0.5) is 0 Å². The number of aryl methyl sites for hydroxylation is 1. The van der Waals surface area contributed by atoms with Gasteiger partial charge < -0.3 is 4.57 Å². The highest BCUT2D eigenvalue weighted by atomic mass is 32.2. The van der Waals surface area contributed by atoms with Gasteiger partial charge in [0.1, 0.15) is 10.0 Å². The Hall–Kier alpha value is -2.52. The average molecular weight is 481 g/mol.